The van der Waals surface area contributed by atoms with E-state index in [1.165, 1.54) is 0 Å². The maximum absolute atomic E-state index is 11.6. The second-order valence-electron chi connectivity index (χ2n) is 4.39. The van der Waals surface area contributed by atoms with Gasteiger partial charge < -0.3 is 0 Å². The number of allylic oxidation sites excluding steroid dienone is 1. The Bertz CT molecular complexity index is 402. The Kier molecular flexibility index (Phi) is 4.62. The van der Waals surface area contributed by atoms with E-state index in [0.29, 0.717) is 0 Å². The van der Waals surface area contributed by atoms with Gasteiger partial charge in [-0.3, -0.25) is 0 Å². The molecule has 0 aliphatic carbocycles. The predicted molar refractivity (Wildman–Crippen MR) is 71.9 cm³/mol. The molecule has 0 aliphatic heterocycles. The average Bonchev–Trinajstić information content (AvgIpc) is 2.24. The summed E-state index contributed by atoms with van der Waals surface area (Å²) in [6.45, 7) is 5.71. The largest absolute Gasteiger partial charge is 0.234 e. The van der Waals surface area contributed by atoms with Crippen molar-refractivity contribution in [2.24, 2.45) is 4.40 Å². The van der Waals surface area contributed by atoms with Crippen LogP contribution in [0.3, 0.4) is 0 Å². The van der Waals surface area contributed by atoms with Crippen molar-refractivity contribution >= 4 is 23.3 Å². The number of nitrogens with zero attached hydrogens (tertiary/aromatic N) is 1. The molecule has 0 amide bonds. The molecule has 16 heavy (non-hydrogen) atoms. The highest BCUT2D eigenvalue weighted by Crippen LogP contribution is 2.11. The highest BCUT2D eigenvalue weighted by Gasteiger charge is 2.17. The summed E-state index contributed by atoms with van der Waals surface area (Å²) in [5.41, 5.74) is 1.11. The molecule has 0 saturated carbocycles. The maximum atomic E-state index is 11.6. The molecule has 1 atom stereocenters. The zero-order chi connectivity index (χ0) is 12.0. The lowest BCUT2D eigenvalue weighted by molar-refractivity contribution is 0.651. The molecule has 2 nitrogen and oxygen atoms in total. The minimum atomic E-state index is -1.18. The van der Waals surface area contributed by atoms with E-state index in [1.807, 2.05) is 57.2 Å². The summed E-state index contributed by atoms with van der Waals surface area (Å²) in [5.74, 6) is 0. The topological polar surface area (TPSA) is 29.4 Å². The third kappa shape index (κ3) is 4.53. The van der Waals surface area contributed by atoms with Crippen LogP contribution in [-0.4, -0.2) is 15.2 Å². The van der Waals surface area contributed by atoms with E-state index in [0.717, 1.165) is 5.56 Å². The van der Waals surface area contributed by atoms with Gasteiger partial charge in [-0.15, -0.1) is 0 Å². The monoisotopic (exact) mass is 235 g/mol. The van der Waals surface area contributed by atoms with Gasteiger partial charge in [0.1, 0.15) is 11.0 Å². The Morgan fingerprint density at radius 3 is 2.38 bits per heavy atom. The summed E-state index contributed by atoms with van der Waals surface area (Å²) < 4.78 is 15.2. The molecule has 0 radical (unpaired) electrons. The van der Waals surface area contributed by atoms with Gasteiger partial charge in [0.2, 0.25) is 0 Å². The minimum absolute atomic E-state index is 0.295. The fourth-order valence-corrected chi connectivity index (χ4v) is 1.46. The van der Waals surface area contributed by atoms with Crippen molar-refractivity contribution in [2.75, 3.05) is 0 Å². The first-order valence-corrected chi connectivity index (χ1v) is 6.28. The van der Waals surface area contributed by atoms with Crippen molar-refractivity contribution in [2.45, 2.75) is 25.5 Å². The van der Waals surface area contributed by atoms with Gasteiger partial charge in [0.15, 0.2) is 0 Å². The zero-order valence-electron chi connectivity index (χ0n) is 9.88. The van der Waals surface area contributed by atoms with Crippen molar-refractivity contribution in [1.29, 1.82) is 0 Å². The van der Waals surface area contributed by atoms with E-state index in [9.17, 15) is 4.21 Å². The molecule has 0 spiro atoms. The predicted octanol–water partition coefficient (Wildman–Crippen LogP) is 3.23. The first-order valence-electron chi connectivity index (χ1n) is 5.18. The summed E-state index contributed by atoms with van der Waals surface area (Å²) >= 11 is 0. The molecule has 1 unspecified atom stereocenters. The zero-order valence-corrected chi connectivity index (χ0v) is 10.7. The Morgan fingerprint density at radius 2 is 1.81 bits per heavy atom. The Balaban J connectivity index is 2.56. The molecule has 0 aromatic heterocycles. The smallest absolute Gasteiger partial charge is 0.144 e. The van der Waals surface area contributed by atoms with Gasteiger partial charge in [-0.05, 0) is 32.4 Å². The lowest BCUT2D eigenvalue weighted by Crippen LogP contribution is -2.19. The van der Waals surface area contributed by atoms with E-state index in [4.69, 9.17) is 0 Å². The highest BCUT2D eigenvalue weighted by molar-refractivity contribution is 7.85. The van der Waals surface area contributed by atoms with Crippen molar-refractivity contribution in [3.8, 4) is 0 Å². The second kappa shape index (κ2) is 5.75. The van der Waals surface area contributed by atoms with Crippen molar-refractivity contribution in [3.63, 3.8) is 0 Å². The van der Waals surface area contributed by atoms with Crippen molar-refractivity contribution < 1.29 is 4.21 Å². The van der Waals surface area contributed by atoms with Crippen LogP contribution in [0.4, 0.5) is 0 Å². The van der Waals surface area contributed by atoms with Gasteiger partial charge in [0.05, 0.1) is 4.75 Å². The molecule has 3 heteroatoms. The van der Waals surface area contributed by atoms with E-state index >= 15 is 0 Å². The lowest BCUT2D eigenvalue weighted by atomic mass is 10.2. The van der Waals surface area contributed by atoms with E-state index in [1.54, 1.807) is 12.3 Å². The van der Waals surface area contributed by atoms with E-state index < -0.39 is 11.0 Å². The van der Waals surface area contributed by atoms with Crippen LogP contribution in [0.5, 0.6) is 0 Å². The molecule has 0 heterocycles. The summed E-state index contributed by atoms with van der Waals surface area (Å²) in [6, 6.07) is 9.93. The van der Waals surface area contributed by atoms with Crippen LogP contribution in [0, 0.1) is 0 Å². The molecule has 1 aromatic rings. The molecular weight excluding hydrogens is 218 g/mol. The lowest BCUT2D eigenvalue weighted by Gasteiger charge is -2.12. The SMILES string of the molecule is CC(C)(C)S(=O)/N=C/C=C/c1ccccc1. The van der Waals surface area contributed by atoms with Gasteiger partial charge in [-0.1, -0.05) is 36.4 Å². The van der Waals surface area contributed by atoms with Crippen molar-refractivity contribution in [1.82, 2.24) is 0 Å². The fourth-order valence-electron chi connectivity index (χ4n) is 0.967. The van der Waals surface area contributed by atoms with Crippen molar-refractivity contribution in [3.05, 3.63) is 42.0 Å². The Morgan fingerprint density at radius 1 is 1.19 bits per heavy atom. The molecule has 0 saturated heterocycles. The minimum Gasteiger partial charge on any atom is -0.234 e. The molecular formula is C13H17NOS. The normalized spacial score (nSPS) is 14.7. The first-order chi connectivity index (χ1) is 7.50. The number of rotatable bonds is 3. The molecule has 0 bridgehead atoms. The highest BCUT2D eigenvalue weighted by atomic mass is 32.2. The van der Waals surface area contributed by atoms with E-state index in [-0.39, 0.29) is 4.75 Å². The van der Waals surface area contributed by atoms with Gasteiger partial charge >= 0.3 is 0 Å². The van der Waals surface area contributed by atoms with E-state index in [2.05, 4.69) is 4.40 Å². The summed E-state index contributed by atoms with van der Waals surface area (Å²) in [6.07, 6.45) is 5.33. The number of benzene rings is 1. The maximum Gasteiger partial charge on any atom is 0.144 e. The molecule has 0 fully saturated rings. The molecule has 1 rings (SSSR count). The van der Waals surface area contributed by atoms with Crippen LogP contribution < -0.4 is 0 Å². The molecule has 86 valence electrons. The summed E-state index contributed by atoms with van der Waals surface area (Å²) in [5, 5.41) is 0. The second-order valence-corrected chi connectivity index (χ2v) is 6.32. The third-order valence-electron chi connectivity index (χ3n) is 1.85. The van der Waals surface area contributed by atoms with Gasteiger partial charge in [0.25, 0.3) is 0 Å². The van der Waals surface area contributed by atoms with Crippen LogP contribution in [0.2, 0.25) is 0 Å². The summed E-state index contributed by atoms with van der Waals surface area (Å²) in [4.78, 5) is 0. The van der Waals surface area contributed by atoms with Gasteiger partial charge in [0, 0.05) is 6.21 Å². The molecule has 0 aliphatic rings. The molecule has 0 N–H and O–H groups in total. The van der Waals surface area contributed by atoms with Gasteiger partial charge in [-0.2, -0.15) is 4.40 Å². The standard InChI is InChI=1S/C13H17NOS/c1-13(2,3)16(15)14-11-7-10-12-8-5-4-6-9-12/h4-11H,1-3H3/b10-7+,14-11+. The average molecular weight is 235 g/mol. The Labute approximate surface area is 99.7 Å². The Hall–Kier alpha value is -1.22. The van der Waals surface area contributed by atoms with Crippen LogP contribution in [-0.2, 0) is 11.0 Å². The summed E-state index contributed by atoms with van der Waals surface area (Å²) in [7, 11) is -1.18. The quantitative estimate of drug-likeness (QED) is 0.740. The van der Waals surface area contributed by atoms with Crippen LogP contribution in [0.1, 0.15) is 26.3 Å². The number of hydrogen-bond acceptors (Lipinski definition) is 1. The van der Waals surface area contributed by atoms with Gasteiger partial charge in [-0.25, -0.2) is 4.21 Å². The fraction of sp³-hybridized carbons (Fsp3) is 0.308. The molecule has 1 aromatic carbocycles. The third-order valence-corrected chi connectivity index (χ3v) is 3.22. The van der Waals surface area contributed by atoms with Crippen LogP contribution >= 0.6 is 0 Å². The first kappa shape index (κ1) is 12.8. The van der Waals surface area contributed by atoms with Crippen LogP contribution in [0.15, 0.2) is 40.8 Å². The number of hydrogen-bond donors (Lipinski definition) is 0. The van der Waals surface area contributed by atoms with Crippen LogP contribution in [0.25, 0.3) is 6.08 Å².